The lowest BCUT2D eigenvalue weighted by molar-refractivity contribution is -0.385. The highest BCUT2D eigenvalue weighted by Crippen LogP contribution is 2.52. The van der Waals surface area contributed by atoms with E-state index in [1.165, 1.54) is 6.07 Å². The zero-order chi connectivity index (χ0) is 12.9. The largest absolute Gasteiger partial charge is 0.481 e. The van der Waals surface area contributed by atoms with Gasteiger partial charge in [0.25, 0.3) is 0 Å². The van der Waals surface area contributed by atoms with Crippen LogP contribution in [-0.2, 0) is 4.79 Å². The Bertz CT molecular complexity index is 555. The predicted octanol–water partition coefficient (Wildman–Crippen LogP) is 1.51. The number of hydrogen-bond donors (Lipinski definition) is 1. The van der Waals surface area contributed by atoms with Crippen LogP contribution < -0.4 is 9.47 Å². The molecule has 1 fully saturated rings. The second kappa shape index (κ2) is 3.59. The third-order valence-electron chi connectivity index (χ3n) is 3.21. The molecule has 1 aromatic rings. The summed E-state index contributed by atoms with van der Waals surface area (Å²) in [5.41, 5.74) is 0.453. The summed E-state index contributed by atoms with van der Waals surface area (Å²) in [5, 5.41) is 19.8. The summed E-state index contributed by atoms with van der Waals surface area (Å²) in [4.78, 5) is 21.2. The molecule has 0 bridgehead atoms. The molecule has 0 amide bonds. The maximum atomic E-state index is 10.9. The Morgan fingerprint density at radius 1 is 1.44 bits per heavy atom. The number of nitro groups is 1. The Hall–Kier alpha value is -2.31. The molecule has 2 atom stereocenters. The average molecular weight is 251 g/mol. The molecular formula is C11H9NO6. The van der Waals surface area contributed by atoms with Crippen molar-refractivity contribution < 1.29 is 24.3 Å². The van der Waals surface area contributed by atoms with Crippen LogP contribution in [0, 0.1) is 16.0 Å². The van der Waals surface area contributed by atoms with Gasteiger partial charge in [-0.05, 0) is 24.0 Å². The van der Waals surface area contributed by atoms with Crippen molar-refractivity contribution in [2.24, 2.45) is 5.92 Å². The molecule has 7 nitrogen and oxygen atoms in total. The van der Waals surface area contributed by atoms with Crippen LogP contribution in [0.25, 0.3) is 0 Å². The fraction of sp³-hybridized carbons (Fsp3) is 0.364. The Kier molecular flexibility index (Phi) is 2.16. The molecule has 2 aliphatic rings. The molecule has 0 radical (unpaired) electrons. The van der Waals surface area contributed by atoms with Crippen molar-refractivity contribution >= 4 is 11.7 Å². The van der Waals surface area contributed by atoms with E-state index in [0.29, 0.717) is 17.7 Å². The van der Waals surface area contributed by atoms with Gasteiger partial charge in [-0.1, -0.05) is 0 Å². The summed E-state index contributed by atoms with van der Waals surface area (Å²) in [6.45, 7) is -0.0490. The number of nitro benzene ring substituents is 1. The first-order valence-electron chi connectivity index (χ1n) is 5.38. The van der Waals surface area contributed by atoms with Gasteiger partial charge in [0.2, 0.25) is 12.5 Å². The van der Waals surface area contributed by atoms with Gasteiger partial charge in [0.1, 0.15) is 0 Å². The molecule has 1 N–H and O–H groups in total. The lowest BCUT2D eigenvalue weighted by Crippen LogP contribution is -1.99. The number of benzene rings is 1. The van der Waals surface area contributed by atoms with Crippen LogP contribution in [0.15, 0.2) is 12.1 Å². The first kappa shape index (κ1) is 10.8. The highest BCUT2D eigenvalue weighted by Gasteiger charge is 2.45. The van der Waals surface area contributed by atoms with Crippen LogP contribution in [0.5, 0.6) is 11.5 Å². The topological polar surface area (TPSA) is 98.9 Å². The van der Waals surface area contributed by atoms with E-state index in [-0.39, 0.29) is 24.1 Å². The van der Waals surface area contributed by atoms with Crippen molar-refractivity contribution in [2.75, 3.05) is 6.79 Å². The van der Waals surface area contributed by atoms with Crippen LogP contribution in [0.2, 0.25) is 0 Å². The van der Waals surface area contributed by atoms with E-state index in [2.05, 4.69) is 0 Å². The minimum absolute atomic E-state index is 0.0490. The smallest absolute Gasteiger partial charge is 0.315 e. The summed E-state index contributed by atoms with van der Waals surface area (Å²) < 4.78 is 10.2. The fourth-order valence-corrected chi connectivity index (χ4v) is 2.20. The maximum absolute atomic E-state index is 10.9. The molecule has 1 heterocycles. The molecule has 1 aromatic carbocycles. The number of rotatable bonds is 3. The van der Waals surface area contributed by atoms with Crippen molar-refractivity contribution in [2.45, 2.75) is 12.3 Å². The van der Waals surface area contributed by atoms with Crippen LogP contribution >= 0.6 is 0 Å². The zero-order valence-corrected chi connectivity index (χ0v) is 9.16. The van der Waals surface area contributed by atoms with Crippen LogP contribution in [0.1, 0.15) is 17.9 Å². The maximum Gasteiger partial charge on any atom is 0.315 e. The predicted molar refractivity (Wildman–Crippen MR) is 57.7 cm³/mol. The van der Waals surface area contributed by atoms with Gasteiger partial charge < -0.3 is 14.6 Å². The quantitative estimate of drug-likeness (QED) is 0.645. The first-order chi connectivity index (χ1) is 8.58. The van der Waals surface area contributed by atoms with Crippen LogP contribution in [0.4, 0.5) is 5.69 Å². The highest BCUT2D eigenvalue weighted by molar-refractivity contribution is 5.76. The van der Waals surface area contributed by atoms with E-state index in [9.17, 15) is 14.9 Å². The van der Waals surface area contributed by atoms with Gasteiger partial charge in [-0.2, -0.15) is 0 Å². The van der Waals surface area contributed by atoms with Crippen molar-refractivity contribution in [3.05, 3.63) is 27.8 Å². The lowest BCUT2D eigenvalue weighted by Gasteiger charge is -2.02. The number of carboxylic acids is 1. The summed E-state index contributed by atoms with van der Waals surface area (Å²) in [5.74, 6) is -1.06. The summed E-state index contributed by atoms with van der Waals surface area (Å²) in [6, 6.07) is 3.00. The van der Waals surface area contributed by atoms with E-state index in [0.717, 1.165) is 0 Å². The molecule has 18 heavy (non-hydrogen) atoms. The van der Waals surface area contributed by atoms with Crippen LogP contribution in [0.3, 0.4) is 0 Å². The first-order valence-corrected chi connectivity index (χ1v) is 5.38. The Morgan fingerprint density at radius 2 is 2.22 bits per heavy atom. The number of carboxylic acid groups (broad SMARTS) is 1. The molecule has 0 aromatic heterocycles. The molecule has 7 heteroatoms. The normalized spacial score (nSPS) is 23.8. The van der Waals surface area contributed by atoms with Gasteiger partial charge in [0.05, 0.1) is 10.8 Å². The van der Waals surface area contributed by atoms with E-state index < -0.39 is 16.8 Å². The molecular weight excluding hydrogens is 242 g/mol. The number of fused-ring (bicyclic) bond motifs is 1. The third kappa shape index (κ3) is 1.55. The van der Waals surface area contributed by atoms with Crippen molar-refractivity contribution in [3.63, 3.8) is 0 Å². The Morgan fingerprint density at radius 3 is 2.83 bits per heavy atom. The second-order valence-corrected chi connectivity index (χ2v) is 4.32. The highest BCUT2D eigenvalue weighted by atomic mass is 16.7. The van der Waals surface area contributed by atoms with E-state index >= 15 is 0 Å². The molecule has 1 saturated carbocycles. The standard InChI is InChI=1S/C11H9NO6/c13-11(14)7-3-6(7)5-1-8(12(15)16)10-9(2-5)17-4-18-10/h1-2,6-7H,3-4H2,(H,13,14). The third-order valence-corrected chi connectivity index (χ3v) is 3.21. The van der Waals surface area contributed by atoms with Gasteiger partial charge in [-0.3, -0.25) is 14.9 Å². The SMILES string of the molecule is O=C(O)C1CC1c1cc2c(c([N+](=O)[O-])c1)OCO2. The van der Waals surface area contributed by atoms with Gasteiger partial charge in [-0.15, -0.1) is 0 Å². The van der Waals surface area contributed by atoms with Gasteiger partial charge in [-0.25, -0.2) is 0 Å². The van der Waals surface area contributed by atoms with Gasteiger partial charge in [0.15, 0.2) is 5.75 Å². The molecule has 1 aliphatic carbocycles. The Balaban J connectivity index is 2.00. The molecule has 0 saturated heterocycles. The molecule has 0 spiro atoms. The molecule has 1 aliphatic heterocycles. The molecule has 3 rings (SSSR count). The van der Waals surface area contributed by atoms with Crippen molar-refractivity contribution in [3.8, 4) is 11.5 Å². The average Bonchev–Trinajstić information content (AvgIpc) is 2.99. The Labute approximate surface area is 101 Å². The van der Waals surface area contributed by atoms with Crippen LogP contribution in [-0.4, -0.2) is 22.8 Å². The summed E-state index contributed by atoms with van der Waals surface area (Å²) in [7, 11) is 0. The number of hydrogen-bond acceptors (Lipinski definition) is 5. The number of nitrogens with zero attached hydrogens (tertiary/aromatic N) is 1. The van der Waals surface area contributed by atoms with E-state index in [1.54, 1.807) is 6.07 Å². The minimum atomic E-state index is -0.875. The number of carbonyl (C=O) groups is 1. The summed E-state index contributed by atoms with van der Waals surface area (Å²) in [6.07, 6.45) is 0.506. The van der Waals surface area contributed by atoms with E-state index in [4.69, 9.17) is 14.6 Å². The van der Waals surface area contributed by atoms with Gasteiger partial charge in [0, 0.05) is 6.07 Å². The number of ether oxygens (including phenoxy) is 2. The minimum Gasteiger partial charge on any atom is -0.481 e. The molecule has 2 unspecified atom stereocenters. The van der Waals surface area contributed by atoms with E-state index in [1.807, 2.05) is 0 Å². The number of aliphatic carboxylic acids is 1. The zero-order valence-electron chi connectivity index (χ0n) is 9.16. The second-order valence-electron chi connectivity index (χ2n) is 4.32. The molecule has 94 valence electrons. The fourth-order valence-electron chi connectivity index (χ4n) is 2.20. The van der Waals surface area contributed by atoms with Crippen molar-refractivity contribution in [1.82, 2.24) is 0 Å². The summed E-state index contributed by atoms with van der Waals surface area (Å²) >= 11 is 0. The van der Waals surface area contributed by atoms with Crippen molar-refractivity contribution in [1.29, 1.82) is 0 Å². The lowest BCUT2D eigenvalue weighted by atomic mass is 10.1. The van der Waals surface area contributed by atoms with Gasteiger partial charge >= 0.3 is 11.7 Å². The monoisotopic (exact) mass is 251 g/mol.